The SMILES string of the molecule is CC(=O)c1ccnc(Oc2ccc(N)cc2)c1. The maximum atomic E-state index is 11.2. The molecule has 0 radical (unpaired) electrons. The van der Waals surface area contributed by atoms with Gasteiger partial charge in [-0.3, -0.25) is 4.79 Å². The van der Waals surface area contributed by atoms with Crippen LogP contribution in [0.15, 0.2) is 42.6 Å². The summed E-state index contributed by atoms with van der Waals surface area (Å²) in [6, 6.07) is 10.2. The molecule has 0 unspecified atom stereocenters. The molecule has 2 aromatic rings. The van der Waals surface area contributed by atoms with Gasteiger partial charge < -0.3 is 10.5 Å². The molecule has 0 saturated carbocycles. The van der Waals surface area contributed by atoms with Crippen molar-refractivity contribution in [1.29, 1.82) is 0 Å². The normalized spacial score (nSPS) is 9.94. The first-order valence-corrected chi connectivity index (χ1v) is 5.15. The third-order valence-corrected chi connectivity index (χ3v) is 2.24. The van der Waals surface area contributed by atoms with Crippen LogP contribution in [-0.2, 0) is 0 Å². The summed E-state index contributed by atoms with van der Waals surface area (Å²) < 4.78 is 5.51. The van der Waals surface area contributed by atoms with Gasteiger partial charge in [0.2, 0.25) is 5.88 Å². The summed E-state index contributed by atoms with van der Waals surface area (Å²) >= 11 is 0. The Morgan fingerprint density at radius 3 is 2.59 bits per heavy atom. The van der Waals surface area contributed by atoms with Gasteiger partial charge in [0.05, 0.1) is 0 Å². The van der Waals surface area contributed by atoms with E-state index in [9.17, 15) is 4.79 Å². The second-order valence-corrected chi connectivity index (χ2v) is 3.61. The zero-order valence-electron chi connectivity index (χ0n) is 9.38. The number of Topliss-reactive ketones (excluding diaryl/α,β-unsaturated/α-hetero) is 1. The Morgan fingerprint density at radius 2 is 1.94 bits per heavy atom. The Morgan fingerprint density at radius 1 is 1.24 bits per heavy atom. The van der Waals surface area contributed by atoms with Crippen LogP contribution < -0.4 is 10.5 Å². The molecule has 2 N–H and O–H groups in total. The molecule has 0 aliphatic heterocycles. The van der Waals surface area contributed by atoms with E-state index in [0.717, 1.165) is 0 Å². The topological polar surface area (TPSA) is 65.2 Å². The Bertz CT molecular complexity index is 535. The average Bonchev–Trinajstić information content (AvgIpc) is 2.32. The first kappa shape index (κ1) is 11.1. The Hall–Kier alpha value is -2.36. The summed E-state index contributed by atoms with van der Waals surface area (Å²) in [5.74, 6) is 1.00. The van der Waals surface area contributed by atoms with Gasteiger partial charge in [-0.1, -0.05) is 0 Å². The van der Waals surface area contributed by atoms with Crippen LogP contribution in [0.2, 0.25) is 0 Å². The molecule has 1 heterocycles. The van der Waals surface area contributed by atoms with Crippen molar-refractivity contribution >= 4 is 11.5 Å². The number of rotatable bonds is 3. The number of nitrogen functional groups attached to an aromatic ring is 1. The lowest BCUT2D eigenvalue weighted by atomic mass is 10.2. The van der Waals surface area contributed by atoms with Gasteiger partial charge in [0, 0.05) is 23.5 Å². The average molecular weight is 228 g/mol. The molecule has 0 atom stereocenters. The molecule has 0 aliphatic rings. The Balaban J connectivity index is 2.21. The van der Waals surface area contributed by atoms with Gasteiger partial charge in [0.25, 0.3) is 0 Å². The van der Waals surface area contributed by atoms with Crippen LogP contribution in [0.4, 0.5) is 5.69 Å². The predicted molar refractivity (Wildman–Crippen MR) is 65.2 cm³/mol. The van der Waals surface area contributed by atoms with E-state index >= 15 is 0 Å². The zero-order valence-corrected chi connectivity index (χ0v) is 9.38. The molecule has 1 aromatic heterocycles. The lowest BCUT2D eigenvalue weighted by molar-refractivity contribution is 0.101. The maximum Gasteiger partial charge on any atom is 0.219 e. The Labute approximate surface area is 99.1 Å². The third kappa shape index (κ3) is 2.81. The highest BCUT2D eigenvalue weighted by atomic mass is 16.5. The van der Waals surface area contributed by atoms with Crippen LogP contribution in [0.1, 0.15) is 17.3 Å². The number of ketones is 1. The molecule has 86 valence electrons. The van der Waals surface area contributed by atoms with Crippen molar-refractivity contribution < 1.29 is 9.53 Å². The van der Waals surface area contributed by atoms with E-state index < -0.39 is 0 Å². The van der Waals surface area contributed by atoms with Gasteiger partial charge in [0.1, 0.15) is 5.75 Å². The number of carbonyl (C=O) groups excluding carboxylic acids is 1. The molecule has 2 rings (SSSR count). The lowest BCUT2D eigenvalue weighted by Gasteiger charge is -2.05. The fourth-order valence-electron chi connectivity index (χ4n) is 1.34. The van der Waals surface area contributed by atoms with Crippen molar-refractivity contribution in [1.82, 2.24) is 4.98 Å². The zero-order chi connectivity index (χ0) is 12.3. The number of anilines is 1. The van der Waals surface area contributed by atoms with Gasteiger partial charge in [-0.2, -0.15) is 0 Å². The highest BCUT2D eigenvalue weighted by Gasteiger charge is 2.03. The quantitative estimate of drug-likeness (QED) is 0.647. The minimum absolute atomic E-state index is 0.0189. The Kier molecular flexibility index (Phi) is 3.05. The number of benzene rings is 1. The van der Waals surface area contributed by atoms with E-state index in [1.54, 1.807) is 42.6 Å². The summed E-state index contributed by atoms with van der Waals surface area (Å²) in [5.41, 5.74) is 6.81. The van der Waals surface area contributed by atoms with Gasteiger partial charge in [-0.15, -0.1) is 0 Å². The summed E-state index contributed by atoms with van der Waals surface area (Å²) in [6.45, 7) is 1.50. The molecule has 4 nitrogen and oxygen atoms in total. The first-order chi connectivity index (χ1) is 8.15. The van der Waals surface area contributed by atoms with Gasteiger partial charge >= 0.3 is 0 Å². The molecule has 0 saturated heterocycles. The monoisotopic (exact) mass is 228 g/mol. The number of hydrogen-bond acceptors (Lipinski definition) is 4. The molecule has 0 fully saturated rings. The maximum absolute atomic E-state index is 11.2. The number of pyridine rings is 1. The number of aromatic nitrogens is 1. The summed E-state index contributed by atoms with van der Waals surface area (Å²) in [7, 11) is 0. The van der Waals surface area contributed by atoms with Crippen LogP contribution in [0, 0.1) is 0 Å². The summed E-state index contributed by atoms with van der Waals surface area (Å²) in [5, 5.41) is 0. The van der Waals surface area contributed by atoms with Crippen LogP contribution in [0.5, 0.6) is 11.6 Å². The number of ether oxygens (including phenoxy) is 1. The molecule has 0 amide bonds. The van der Waals surface area contributed by atoms with Crippen molar-refractivity contribution in [2.45, 2.75) is 6.92 Å². The minimum Gasteiger partial charge on any atom is -0.439 e. The fourth-order valence-corrected chi connectivity index (χ4v) is 1.34. The van der Waals surface area contributed by atoms with E-state index in [1.165, 1.54) is 6.92 Å². The highest BCUT2D eigenvalue weighted by molar-refractivity contribution is 5.94. The second-order valence-electron chi connectivity index (χ2n) is 3.61. The van der Waals surface area contributed by atoms with Crippen LogP contribution in [0.25, 0.3) is 0 Å². The summed E-state index contributed by atoms with van der Waals surface area (Å²) in [4.78, 5) is 15.2. The number of hydrogen-bond donors (Lipinski definition) is 1. The molecule has 0 spiro atoms. The van der Waals surface area contributed by atoms with E-state index in [4.69, 9.17) is 10.5 Å². The van der Waals surface area contributed by atoms with E-state index in [2.05, 4.69) is 4.98 Å². The molecular formula is C13H12N2O2. The molecule has 0 aliphatic carbocycles. The standard InChI is InChI=1S/C13H12N2O2/c1-9(16)10-6-7-15-13(8-10)17-12-4-2-11(14)3-5-12/h2-8H,14H2,1H3. The largest absolute Gasteiger partial charge is 0.439 e. The molecular weight excluding hydrogens is 216 g/mol. The van der Waals surface area contributed by atoms with Gasteiger partial charge in [0.15, 0.2) is 5.78 Å². The molecule has 4 heteroatoms. The van der Waals surface area contributed by atoms with Crippen molar-refractivity contribution in [3.05, 3.63) is 48.2 Å². The molecule has 0 bridgehead atoms. The first-order valence-electron chi connectivity index (χ1n) is 5.15. The highest BCUT2D eigenvalue weighted by Crippen LogP contribution is 2.21. The van der Waals surface area contributed by atoms with Crippen LogP contribution in [0.3, 0.4) is 0 Å². The number of nitrogens with two attached hydrogens (primary N) is 1. The number of nitrogens with zero attached hydrogens (tertiary/aromatic N) is 1. The van der Waals surface area contributed by atoms with Crippen molar-refractivity contribution in [3.8, 4) is 11.6 Å². The minimum atomic E-state index is -0.0189. The smallest absolute Gasteiger partial charge is 0.219 e. The van der Waals surface area contributed by atoms with Crippen molar-refractivity contribution in [2.75, 3.05) is 5.73 Å². The molecule has 1 aromatic carbocycles. The predicted octanol–water partition coefficient (Wildman–Crippen LogP) is 2.66. The lowest BCUT2D eigenvalue weighted by Crippen LogP contribution is -1.95. The molecule has 17 heavy (non-hydrogen) atoms. The van der Waals surface area contributed by atoms with Gasteiger partial charge in [-0.05, 0) is 37.3 Å². The van der Waals surface area contributed by atoms with Crippen molar-refractivity contribution in [2.24, 2.45) is 0 Å². The second kappa shape index (κ2) is 4.65. The number of carbonyl (C=O) groups is 1. The summed E-state index contributed by atoms with van der Waals surface area (Å²) in [6.07, 6.45) is 1.55. The van der Waals surface area contributed by atoms with E-state index in [0.29, 0.717) is 22.9 Å². The van der Waals surface area contributed by atoms with Crippen LogP contribution >= 0.6 is 0 Å². The van der Waals surface area contributed by atoms with Gasteiger partial charge in [-0.25, -0.2) is 4.98 Å². The van der Waals surface area contributed by atoms with E-state index in [1.807, 2.05) is 0 Å². The van der Waals surface area contributed by atoms with Crippen LogP contribution in [-0.4, -0.2) is 10.8 Å². The van der Waals surface area contributed by atoms with E-state index in [-0.39, 0.29) is 5.78 Å². The fraction of sp³-hybridized carbons (Fsp3) is 0.0769. The third-order valence-electron chi connectivity index (χ3n) is 2.24. The van der Waals surface area contributed by atoms with Crippen molar-refractivity contribution in [3.63, 3.8) is 0 Å².